The number of carbonyl (C=O) groups is 1. The van der Waals surface area contributed by atoms with E-state index in [9.17, 15) is 4.79 Å². The van der Waals surface area contributed by atoms with Crippen molar-refractivity contribution in [3.8, 4) is 11.3 Å². The molecule has 0 N–H and O–H groups in total. The van der Waals surface area contributed by atoms with E-state index in [0.717, 1.165) is 47.2 Å². The monoisotopic (exact) mass is 366 g/mol. The van der Waals surface area contributed by atoms with Crippen molar-refractivity contribution in [2.24, 2.45) is 0 Å². The molecule has 132 valence electrons. The number of carbonyl (C=O) groups excluding carboxylic acids is 1. The Morgan fingerprint density at radius 2 is 1.96 bits per heavy atom. The Balaban J connectivity index is 1.87. The average molecular weight is 367 g/mol. The molecule has 1 fully saturated rings. The van der Waals surface area contributed by atoms with Crippen molar-refractivity contribution in [2.75, 3.05) is 18.6 Å². The summed E-state index contributed by atoms with van der Waals surface area (Å²) in [6.07, 6.45) is 1.77. The highest BCUT2D eigenvalue weighted by Crippen LogP contribution is 2.35. The maximum absolute atomic E-state index is 12.2. The van der Waals surface area contributed by atoms with Crippen LogP contribution in [0.25, 0.3) is 22.2 Å². The highest BCUT2D eigenvalue weighted by molar-refractivity contribution is 6.30. The molecule has 4 rings (SSSR count). The molecule has 0 amide bonds. The van der Waals surface area contributed by atoms with Gasteiger partial charge >= 0.3 is 5.97 Å². The van der Waals surface area contributed by atoms with Crippen molar-refractivity contribution in [2.45, 2.75) is 18.9 Å². The number of ether oxygens (including phenoxy) is 1. The van der Waals surface area contributed by atoms with Gasteiger partial charge in [0.25, 0.3) is 0 Å². The highest BCUT2D eigenvalue weighted by Gasteiger charge is 2.32. The number of anilines is 1. The van der Waals surface area contributed by atoms with Gasteiger partial charge in [-0.2, -0.15) is 0 Å². The quantitative estimate of drug-likeness (QED) is 0.630. The van der Waals surface area contributed by atoms with E-state index in [2.05, 4.69) is 17.0 Å². The van der Waals surface area contributed by atoms with Crippen LogP contribution in [0.15, 0.2) is 54.6 Å². The topological polar surface area (TPSA) is 42.4 Å². The molecule has 4 nitrogen and oxygen atoms in total. The van der Waals surface area contributed by atoms with Crippen LogP contribution in [0.2, 0.25) is 5.02 Å². The molecule has 0 spiro atoms. The molecule has 1 atom stereocenters. The van der Waals surface area contributed by atoms with Crippen molar-refractivity contribution in [3.63, 3.8) is 0 Å². The minimum Gasteiger partial charge on any atom is -0.467 e. The van der Waals surface area contributed by atoms with Gasteiger partial charge in [0, 0.05) is 28.2 Å². The summed E-state index contributed by atoms with van der Waals surface area (Å²) in [6, 6.07) is 17.5. The lowest BCUT2D eigenvalue weighted by molar-refractivity contribution is -0.141. The van der Waals surface area contributed by atoms with E-state index >= 15 is 0 Å². The fourth-order valence-corrected chi connectivity index (χ4v) is 3.73. The molecular weight excluding hydrogens is 348 g/mol. The molecule has 2 heterocycles. The molecule has 1 aliphatic rings. The van der Waals surface area contributed by atoms with Crippen LogP contribution in [0.4, 0.5) is 5.69 Å². The number of esters is 1. The number of nitrogens with zero attached hydrogens (tertiary/aromatic N) is 2. The zero-order valence-corrected chi connectivity index (χ0v) is 15.2. The first-order chi connectivity index (χ1) is 12.7. The van der Waals surface area contributed by atoms with Gasteiger partial charge in [-0.3, -0.25) is 0 Å². The van der Waals surface area contributed by atoms with Crippen molar-refractivity contribution < 1.29 is 9.53 Å². The molecule has 5 heteroatoms. The number of para-hydroxylation sites is 1. The third kappa shape index (κ3) is 3.01. The smallest absolute Gasteiger partial charge is 0.328 e. The van der Waals surface area contributed by atoms with Gasteiger partial charge in [-0.15, -0.1) is 0 Å². The molecular formula is C21H19ClN2O2. The summed E-state index contributed by atoms with van der Waals surface area (Å²) in [5.41, 5.74) is 3.79. The van der Waals surface area contributed by atoms with Gasteiger partial charge in [0.2, 0.25) is 0 Å². The summed E-state index contributed by atoms with van der Waals surface area (Å²) in [7, 11) is 1.45. The predicted molar refractivity (Wildman–Crippen MR) is 105 cm³/mol. The number of hydrogen-bond donors (Lipinski definition) is 0. The van der Waals surface area contributed by atoms with Crippen LogP contribution in [-0.4, -0.2) is 30.6 Å². The minimum atomic E-state index is -0.246. The van der Waals surface area contributed by atoms with Gasteiger partial charge in [-0.05, 0) is 37.1 Å². The van der Waals surface area contributed by atoms with E-state index < -0.39 is 0 Å². The zero-order valence-electron chi connectivity index (χ0n) is 14.5. The van der Waals surface area contributed by atoms with Crippen LogP contribution < -0.4 is 4.90 Å². The third-order valence-corrected chi connectivity index (χ3v) is 5.12. The minimum absolute atomic E-state index is 0.184. The first-order valence-corrected chi connectivity index (χ1v) is 9.05. The fraction of sp³-hybridized carbons (Fsp3) is 0.238. The molecule has 1 aromatic heterocycles. The largest absolute Gasteiger partial charge is 0.467 e. The van der Waals surface area contributed by atoms with Crippen LogP contribution in [0, 0.1) is 0 Å². The van der Waals surface area contributed by atoms with E-state index in [1.54, 1.807) is 0 Å². The Morgan fingerprint density at radius 1 is 1.19 bits per heavy atom. The van der Waals surface area contributed by atoms with Gasteiger partial charge in [0.1, 0.15) is 6.04 Å². The molecule has 0 saturated carbocycles. The fourth-order valence-electron chi connectivity index (χ4n) is 3.60. The summed E-state index contributed by atoms with van der Waals surface area (Å²) in [5.74, 6) is -0.184. The van der Waals surface area contributed by atoms with Crippen molar-refractivity contribution in [1.82, 2.24) is 4.98 Å². The first-order valence-electron chi connectivity index (χ1n) is 8.67. The molecule has 1 saturated heterocycles. The summed E-state index contributed by atoms with van der Waals surface area (Å²) < 4.78 is 5.02. The molecule has 1 aliphatic heterocycles. The Bertz CT molecular complexity index is 956. The lowest BCUT2D eigenvalue weighted by atomic mass is 10.1. The SMILES string of the molecule is COC(=O)C1CCCN1c1cc(-c2ccc(Cl)cc2)nc2ccccc12. The van der Waals surface area contributed by atoms with Crippen LogP contribution in [0.5, 0.6) is 0 Å². The molecule has 0 aliphatic carbocycles. The van der Waals surface area contributed by atoms with Crippen LogP contribution in [0.1, 0.15) is 12.8 Å². The summed E-state index contributed by atoms with van der Waals surface area (Å²) >= 11 is 6.02. The first kappa shape index (κ1) is 16.9. The Kier molecular flexibility index (Phi) is 4.51. The number of aromatic nitrogens is 1. The number of hydrogen-bond acceptors (Lipinski definition) is 4. The van der Waals surface area contributed by atoms with Gasteiger partial charge in [-0.1, -0.05) is 41.9 Å². The maximum Gasteiger partial charge on any atom is 0.328 e. The normalized spacial score (nSPS) is 16.8. The van der Waals surface area contributed by atoms with Crippen LogP contribution in [0.3, 0.4) is 0 Å². The van der Waals surface area contributed by atoms with Gasteiger partial charge in [0.15, 0.2) is 0 Å². The second-order valence-corrected chi connectivity index (χ2v) is 6.86. The van der Waals surface area contributed by atoms with Crippen LogP contribution >= 0.6 is 11.6 Å². The predicted octanol–water partition coefficient (Wildman–Crippen LogP) is 4.70. The summed E-state index contributed by atoms with van der Waals surface area (Å²) in [4.78, 5) is 19.2. The molecule has 2 aromatic carbocycles. The van der Waals surface area contributed by atoms with E-state index in [4.69, 9.17) is 21.3 Å². The van der Waals surface area contributed by atoms with E-state index in [0.29, 0.717) is 5.02 Å². The second-order valence-electron chi connectivity index (χ2n) is 6.43. The van der Waals surface area contributed by atoms with Crippen molar-refractivity contribution >= 4 is 34.2 Å². The second kappa shape index (κ2) is 6.96. The molecule has 0 bridgehead atoms. The number of rotatable bonds is 3. The third-order valence-electron chi connectivity index (χ3n) is 4.87. The number of methoxy groups -OCH3 is 1. The lowest BCUT2D eigenvalue weighted by Crippen LogP contribution is -2.37. The van der Waals surface area contributed by atoms with Gasteiger partial charge in [0.05, 0.1) is 18.3 Å². The molecule has 3 aromatic rings. The Morgan fingerprint density at radius 3 is 2.73 bits per heavy atom. The number of halogens is 1. The molecule has 1 unspecified atom stereocenters. The Labute approximate surface area is 157 Å². The number of pyridine rings is 1. The standard InChI is InChI=1S/C21H19ClN2O2/c1-26-21(25)19-7-4-12-24(19)20-13-18(14-8-10-15(22)11-9-14)23-17-6-3-2-5-16(17)20/h2-3,5-6,8-11,13,19H,4,7,12H2,1H3. The van der Waals surface area contributed by atoms with Crippen molar-refractivity contribution in [3.05, 3.63) is 59.6 Å². The van der Waals surface area contributed by atoms with E-state index in [1.165, 1.54) is 7.11 Å². The van der Waals surface area contributed by atoms with Gasteiger partial charge < -0.3 is 9.64 Å². The molecule has 26 heavy (non-hydrogen) atoms. The van der Waals surface area contributed by atoms with E-state index in [-0.39, 0.29) is 12.0 Å². The molecule has 0 radical (unpaired) electrons. The average Bonchev–Trinajstić information content (AvgIpc) is 3.16. The zero-order chi connectivity index (χ0) is 18.1. The Hall–Kier alpha value is -2.59. The van der Waals surface area contributed by atoms with Gasteiger partial charge in [-0.25, -0.2) is 9.78 Å². The van der Waals surface area contributed by atoms with Crippen LogP contribution in [-0.2, 0) is 9.53 Å². The summed E-state index contributed by atoms with van der Waals surface area (Å²) in [6.45, 7) is 0.827. The highest BCUT2D eigenvalue weighted by atomic mass is 35.5. The van der Waals surface area contributed by atoms with E-state index in [1.807, 2.05) is 42.5 Å². The number of benzene rings is 2. The lowest BCUT2D eigenvalue weighted by Gasteiger charge is -2.26. The summed E-state index contributed by atoms with van der Waals surface area (Å²) in [5, 5.41) is 1.74. The number of fused-ring (bicyclic) bond motifs is 1. The maximum atomic E-state index is 12.2. The van der Waals surface area contributed by atoms with Crippen molar-refractivity contribution in [1.29, 1.82) is 0 Å².